The van der Waals surface area contributed by atoms with Gasteiger partial charge in [0, 0.05) is 12.6 Å². The van der Waals surface area contributed by atoms with Gasteiger partial charge in [-0.25, -0.2) is 17.6 Å². The number of hydrogen-bond donors (Lipinski definition) is 0. The molecule has 0 unspecified atom stereocenters. The molecule has 0 N–H and O–H groups in total. The molecular formula is C16H15ClFNO5S. The number of hydroxylamine groups is 1. The molecule has 2 rings (SSSR count). The Hall–Kier alpha value is -2.00. The Balaban J connectivity index is 2.25. The lowest BCUT2D eigenvalue weighted by atomic mass is 10.2. The molecule has 134 valence electrons. The monoisotopic (exact) mass is 387 g/mol. The average Bonchev–Trinajstić information content (AvgIpc) is 2.60. The summed E-state index contributed by atoms with van der Waals surface area (Å²) in [5.74, 6) is -1.38. The van der Waals surface area contributed by atoms with E-state index in [2.05, 4.69) is 4.84 Å². The van der Waals surface area contributed by atoms with Gasteiger partial charge >= 0.3 is 5.97 Å². The zero-order valence-corrected chi connectivity index (χ0v) is 15.0. The van der Waals surface area contributed by atoms with Crippen molar-refractivity contribution in [3.05, 3.63) is 64.4 Å². The number of carbonyl (C=O) groups excluding carboxylic acids is 1. The summed E-state index contributed by atoms with van der Waals surface area (Å²) in [6.45, 7) is -0.309. The largest absolute Gasteiger partial charge is 0.457 e. The van der Waals surface area contributed by atoms with Gasteiger partial charge in [0.25, 0.3) is 10.0 Å². The zero-order valence-electron chi connectivity index (χ0n) is 13.4. The molecule has 0 saturated heterocycles. The number of ether oxygens (including phenoxy) is 1. The quantitative estimate of drug-likeness (QED) is 0.562. The van der Waals surface area contributed by atoms with Gasteiger partial charge in [-0.05, 0) is 24.3 Å². The summed E-state index contributed by atoms with van der Waals surface area (Å²) in [6.07, 6.45) is 0. The van der Waals surface area contributed by atoms with Gasteiger partial charge in [0.2, 0.25) is 0 Å². The van der Waals surface area contributed by atoms with Crippen LogP contribution in [0.25, 0.3) is 0 Å². The lowest BCUT2D eigenvalue weighted by Gasteiger charge is -2.15. The van der Waals surface area contributed by atoms with Crippen LogP contribution >= 0.6 is 11.6 Å². The first kappa shape index (κ1) is 19.3. The third-order valence-corrected chi connectivity index (χ3v) is 5.37. The van der Waals surface area contributed by atoms with Crippen LogP contribution in [-0.4, -0.2) is 33.0 Å². The molecule has 0 heterocycles. The standard InChI is InChI=1S/C16H15ClFNO5S/c1-19(23-2)25(21,22)12-7-8-14(17)13(9-12)16(20)24-10-11-5-3-4-6-15(11)18/h3-9H,10H2,1-2H3. The van der Waals surface area contributed by atoms with E-state index in [4.69, 9.17) is 16.3 Å². The molecule has 0 bridgehead atoms. The highest BCUT2D eigenvalue weighted by Crippen LogP contribution is 2.23. The van der Waals surface area contributed by atoms with Crippen molar-refractivity contribution in [1.82, 2.24) is 4.47 Å². The van der Waals surface area contributed by atoms with E-state index in [1.165, 1.54) is 44.5 Å². The average molecular weight is 388 g/mol. The normalized spacial score (nSPS) is 11.6. The van der Waals surface area contributed by atoms with E-state index in [1.807, 2.05) is 0 Å². The third kappa shape index (κ3) is 4.35. The summed E-state index contributed by atoms with van der Waals surface area (Å²) >= 11 is 5.95. The number of nitrogens with zero attached hydrogens (tertiary/aromatic N) is 1. The van der Waals surface area contributed by atoms with Crippen LogP contribution in [0, 0.1) is 5.82 Å². The fourth-order valence-electron chi connectivity index (χ4n) is 1.90. The molecule has 25 heavy (non-hydrogen) atoms. The van der Waals surface area contributed by atoms with E-state index in [0.29, 0.717) is 4.47 Å². The first-order chi connectivity index (χ1) is 11.8. The van der Waals surface area contributed by atoms with Gasteiger partial charge in [-0.1, -0.05) is 34.3 Å². The number of sulfonamides is 1. The fourth-order valence-corrected chi connectivity index (χ4v) is 3.10. The van der Waals surface area contributed by atoms with Crippen molar-refractivity contribution in [2.45, 2.75) is 11.5 Å². The lowest BCUT2D eigenvalue weighted by Crippen LogP contribution is -2.26. The van der Waals surface area contributed by atoms with Crippen molar-refractivity contribution in [2.24, 2.45) is 0 Å². The fraction of sp³-hybridized carbons (Fsp3) is 0.188. The van der Waals surface area contributed by atoms with Crippen LogP contribution < -0.4 is 0 Å². The van der Waals surface area contributed by atoms with Gasteiger partial charge in [0.1, 0.15) is 12.4 Å². The van der Waals surface area contributed by atoms with E-state index in [0.717, 1.165) is 6.07 Å². The molecule has 0 aliphatic heterocycles. The number of hydrogen-bond acceptors (Lipinski definition) is 5. The second-order valence-electron chi connectivity index (χ2n) is 4.91. The number of rotatable bonds is 6. The predicted molar refractivity (Wildman–Crippen MR) is 88.9 cm³/mol. The minimum absolute atomic E-state index is 0.0116. The van der Waals surface area contributed by atoms with Crippen LogP contribution in [0.5, 0.6) is 0 Å². The Kier molecular flexibility index (Phi) is 6.12. The Morgan fingerprint density at radius 3 is 2.56 bits per heavy atom. The minimum atomic E-state index is -3.95. The molecule has 0 spiro atoms. The topological polar surface area (TPSA) is 72.9 Å². The summed E-state index contributed by atoms with van der Waals surface area (Å²) in [7, 11) is -1.55. The van der Waals surface area contributed by atoms with E-state index in [1.54, 1.807) is 6.07 Å². The van der Waals surface area contributed by atoms with Crippen LogP contribution in [0.2, 0.25) is 5.02 Å². The molecule has 2 aromatic carbocycles. The zero-order chi connectivity index (χ0) is 18.6. The van der Waals surface area contributed by atoms with Gasteiger partial charge in [0.15, 0.2) is 0 Å². The molecule has 0 radical (unpaired) electrons. The summed E-state index contributed by atoms with van der Waals surface area (Å²) in [5.41, 5.74) is 0.0402. The Morgan fingerprint density at radius 2 is 1.92 bits per heavy atom. The highest BCUT2D eigenvalue weighted by molar-refractivity contribution is 7.89. The SMILES string of the molecule is CON(C)S(=O)(=O)c1ccc(Cl)c(C(=O)OCc2ccccc2F)c1. The van der Waals surface area contributed by atoms with Crippen molar-refractivity contribution in [1.29, 1.82) is 0 Å². The molecule has 0 fully saturated rings. The van der Waals surface area contributed by atoms with Crippen molar-refractivity contribution in [2.75, 3.05) is 14.2 Å². The second-order valence-corrected chi connectivity index (χ2v) is 7.25. The van der Waals surface area contributed by atoms with E-state index < -0.39 is 21.8 Å². The molecule has 2 aromatic rings. The number of esters is 1. The van der Waals surface area contributed by atoms with Gasteiger partial charge in [-0.3, -0.25) is 4.84 Å². The van der Waals surface area contributed by atoms with Crippen molar-refractivity contribution < 1.29 is 27.2 Å². The van der Waals surface area contributed by atoms with Gasteiger partial charge in [-0.15, -0.1) is 0 Å². The second kappa shape index (κ2) is 7.92. The molecule has 0 aromatic heterocycles. The molecule has 9 heteroatoms. The number of benzene rings is 2. The Bertz CT molecular complexity index is 888. The number of halogens is 2. The Morgan fingerprint density at radius 1 is 1.24 bits per heavy atom. The minimum Gasteiger partial charge on any atom is -0.457 e. The third-order valence-electron chi connectivity index (χ3n) is 3.37. The van der Waals surface area contributed by atoms with Crippen molar-refractivity contribution in [3.8, 4) is 0 Å². The molecule has 0 atom stereocenters. The predicted octanol–water partition coefficient (Wildman–Crippen LogP) is 3.02. The van der Waals surface area contributed by atoms with Crippen LogP contribution in [0.15, 0.2) is 47.4 Å². The smallest absolute Gasteiger partial charge is 0.340 e. The van der Waals surface area contributed by atoms with E-state index >= 15 is 0 Å². The number of carbonyl (C=O) groups is 1. The van der Waals surface area contributed by atoms with Gasteiger partial charge in [-0.2, -0.15) is 0 Å². The van der Waals surface area contributed by atoms with E-state index in [9.17, 15) is 17.6 Å². The molecule has 0 saturated carbocycles. The van der Waals surface area contributed by atoms with Crippen molar-refractivity contribution >= 4 is 27.6 Å². The summed E-state index contributed by atoms with van der Waals surface area (Å²) in [4.78, 5) is 16.7. The van der Waals surface area contributed by atoms with Crippen LogP contribution in [0.1, 0.15) is 15.9 Å². The van der Waals surface area contributed by atoms with Gasteiger partial charge < -0.3 is 4.74 Å². The summed E-state index contributed by atoms with van der Waals surface area (Å²) in [5, 5.41) is 0.0116. The molecule has 0 amide bonds. The molecule has 0 aliphatic rings. The van der Waals surface area contributed by atoms with Crippen LogP contribution in [0.4, 0.5) is 4.39 Å². The molecule has 0 aliphatic carbocycles. The highest BCUT2D eigenvalue weighted by Gasteiger charge is 2.24. The molecule has 6 nitrogen and oxygen atoms in total. The summed E-state index contributed by atoms with van der Waals surface area (Å²) < 4.78 is 43.7. The van der Waals surface area contributed by atoms with E-state index in [-0.39, 0.29) is 27.7 Å². The van der Waals surface area contributed by atoms with Crippen LogP contribution in [-0.2, 0) is 26.2 Å². The maximum absolute atomic E-state index is 13.6. The van der Waals surface area contributed by atoms with Gasteiger partial charge in [0.05, 0.1) is 22.6 Å². The Labute approximate surface area is 149 Å². The maximum Gasteiger partial charge on any atom is 0.340 e. The van der Waals surface area contributed by atoms with Crippen molar-refractivity contribution in [3.63, 3.8) is 0 Å². The highest BCUT2D eigenvalue weighted by atomic mass is 35.5. The maximum atomic E-state index is 13.6. The van der Waals surface area contributed by atoms with Crippen LogP contribution in [0.3, 0.4) is 0 Å². The first-order valence-electron chi connectivity index (χ1n) is 7.00. The summed E-state index contributed by atoms with van der Waals surface area (Å²) in [6, 6.07) is 9.41. The first-order valence-corrected chi connectivity index (χ1v) is 8.82. The lowest BCUT2D eigenvalue weighted by molar-refractivity contribution is -0.0258. The molecular weight excluding hydrogens is 373 g/mol.